The first-order valence-electron chi connectivity index (χ1n) is 5.80. The van der Waals surface area contributed by atoms with E-state index in [4.69, 9.17) is 10.4 Å². The van der Waals surface area contributed by atoms with Gasteiger partial charge in [-0.3, -0.25) is 9.59 Å². The molecule has 0 aliphatic heterocycles. The minimum absolute atomic E-state index is 0.300. The third kappa shape index (κ3) is 3.55. The first-order valence-corrected chi connectivity index (χ1v) is 5.80. The van der Waals surface area contributed by atoms with Gasteiger partial charge in [-0.05, 0) is 17.5 Å². The number of carboxylic acid groups (broad SMARTS) is 1. The largest absolute Gasteiger partial charge is 0.481 e. The average Bonchev–Trinajstić information content (AvgIpc) is 2.27. The summed E-state index contributed by atoms with van der Waals surface area (Å²) in [7, 11) is 0. The normalized spacial score (nSPS) is 12.3. The van der Waals surface area contributed by atoms with Crippen LogP contribution in [0.15, 0.2) is 24.3 Å². The summed E-state index contributed by atoms with van der Waals surface area (Å²) in [5.74, 6) is -2.98. The molecule has 1 rings (SSSR count). The number of amides is 1. The van der Waals surface area contributed by atoms with E-state index >= 15 is 0 Å². The molecule has 5 heteroatoms. The van der Waals surface area contributed by atoms with Gasteiger partial charge in [0.1, 0.15) is 12.0 Å². The fourth-order valence-corrected chi connectivity index (χ4v) is 1.77. The van der Waals surface area contributed by atoms with Gasteiger partial charge in [0.05, 0.1) is 11.3 Å². The van der Waals surface area contributed by atoms with Crippen molar-refractivity contribution in [1.29, 1.82) is 5.26 Å². The molecule has 0 aliphatic rings. The van der Waals surface area contributed by atoms with Gasteiger partial charge in [-0.1, -0.05) is 32.9 Å². The molecule has 1 aromatic rings. The van der Waals surface area contributed by atoms with Gasteiger partial charge >= 0.3 is 5.97 Å². The Labute approximate surface area is 111 Å². The third-order valence-electron chi connectivity index (χ3n) is 2.68. The molecule has 100 valence electrons. The number of anilines is 1. The molecule has 0 saturated heterocycles. The maximum absolute atomic E-state index is 12.1. The number of nitrogens with zero attached hydrogens (tertiary/aromatic N) is 1. The second-order valence-electron chi connectivity index (χ2n) is 5.28. The van der Waals surface area contributed by atoms with E-state index < -0.39 is 23.2 Å². The van der Waals surface area contributed by atoms with Crippen molar-refractivity contribution in [3.63, 3.8) is 0 Å². The van der Waals surface area contributed by atoms with Crippen LogP contribution in [-0.4, -0.2) is 17.0 Å². The number of rotatable bonds is 3. The van der Waals surface area contributed by atoms with Crippen LogP contribution in [0.3, 0.4) is 0 Å². The molecule has 0 heterocycles. The van der Waals surface area contributed by atoms with Gasteiger partial charge in [0, 0.05) is 0 Å². The zero-order valence-corrected chi connectivity index (χ0v) is 11.1. The summed E-state index contributed by atoms with van der Waals surface area (Å²) in [6, 6.07) is 8.41. The molecular formula is C14H16N2O3. The molecule has 0 aromatic heterocycles. The number of aliphatic carboxylic acids is 1. The van der Waals surface area contributed by atoms with Crippen LogP contribution >= 0.6 is 0 Å². The van der Waals surface area contributed by atoms with Crippen LogP contribution < -0.4 is 5.32 Å². The highest BCUT2D eigenvalue weighted by molar-refractivity contribution is 6.05. The van der Waals surface area contributed by atoms with Crippen LogP contribution in [-0.2, 0) is 9.59 Å². The number of nitriles is 1. The summed E-state index contributed by atoms with van der Waals surface area (Å²) in [5.41, 5.74) is -0.0864. The van der Waals surface area contributed by atoms with Crippen molar-refractivity contribution in [3.05, 3.63) is 29.8 Å². The van der Waals surface area contributed by atoms with Gasteiger partial charge in [0.2, 0.25) is 5.91 Å². The fourth-order valence-electron chi connectivity index (χ4n) is 1.77. The highest BCUT2D eigenvalue weighted by Gasteiger charge is 2.37. The van der Waals surface area contributed by atoms with Crippen LogP contribution in [0.25, 0.3) is 0 Å². The summed E-state index contributed by atoms with van der Waals surface area (Å²) in [6.07, 6.45) is 0. The maximum atomic E-state index is 12.1. The Balaban J connectivity index is 3.02. The number of carbonyl (C=O) groups is 2. The van der Waals surface area contributed by atoms with Crippen LogP contribution in [0.1, 0.15) is 26.3 Å². The minimum Gasteiger partial charge on any atom is -0.481 e. The maximum Gasteiger partial charge on any atom is 0.316 e. The molecule has 1 aromatic carbocycles. The van der Waals surface area contributed by atoms with Crippen LogP contribution in [0.5, 0.6) is 0 Å². The molecule has 0 aliphatic carbocycles. The molecule has 0 bridgehead atoms. The summed E-state index contributed by atoms with van der Waals surface area (Å²) in [4.78, 5) is 23.3. The highest BCUT2D eigenvalue weighted by Crippen LogP contribution is 2.28. The van der Waals surface area contributed by atoms with E-state index in [2.05, 4.69) is 5.32 Å². The summed E-state index contributed by atoms with van der Waals surface area (Å²) in [6.45, 7) is 5.05. The molecule has 0 spiro atoms. The lowest BCUT2D eigenvalue weighted by atomic mass is 9.80. The molecule has 0 saturated carbocycles. The van der Waals surface area contributed by atoms with E-state index in [-0.39, 0.29) is 0 Å². The lowest BCUT2D eigenvalue weighted by Gasteiger charge is -2.26. The van der Waals surface area contributed by atoms with Crippen molar-refractivity contribution in [1.82, 2.24) is 0 Å². The fraction of sp³-hybridized carbons (Fsp3) is 0.357. The Morgan fingerprint density at radius 1 is 1.32 bits per heavy atom. The SMILES string of the molecule is CC(C)(C)C(C(=O)O)C(=O)Nc1ccccc1C#N. The van der Waals surface area contributed by atoms with Gasteiger partial charge in [-0.2, -0.15) is 5.26 Å². The van der Waals surface area contributed by atoms with E-state index in [0.717, 1.165) is 0 Å². The van der Waals surface area contributed by atoms with Crippen molar-refractivity contribution in [2.45, 2.75) is 20.8 Å². The molecule has 1 atom stereocenters. The second-order valence-corrected chi connectivity index (χ2v) is 5.28. The number of para-hydroxylation sites is 1. The number of benzene rings is 1. The van der Waals surface area contributed by atoms with E-state index in [1.165, 1.54) is 0 Å². The Bertz CT molecular complexity index is 538. The van der Waals surface area contributed by atoms with Crippen molar-refractivity contribution < 1.29 is 14.7 Å². The number of hydrogen-bond donors (Lipinski definition) is 2. The predicted octanol–water partition coefficient (Wildman–Crippen LogP) is 2.24. The first-order chi connectivity index (χ1) is 8.77. The van der Waals surface area contributed by atoms with E-state index in [1.807, 2.05) is 6.07 Å². The predicted molar refractivity (Wildman–Crippen MR) is 70.4 cm³/mol. The minimum atomic E-state index is -1.18. The number of carbonyl (C=O) groups excluding carboxylic acids is 1. The zero-order chi connectivity index (χ0) is 14.6. The van der Waals surface area contributed by atoms with E-state index in [9.17, 15) is 9.59 Å². The van der Waals surface area contributed by atoms with Crippen molar-refractivity contribution in [2.75, 3.05) is 5.32 Å². The quantitative estimate of drug-likeness (QED) is 0.815. The highest BCUT2D eigenvalue weighted by atomic mass is 16.4. The molecular weight excluding hydrogens is 244 g/mol. The van der Waals surface area contributed by atoms with Crippen molar-refractivity contribution >= 4 is 17.6 Å². The average molecular weight is 260 g/mol. The Kier molecular flexibility index (Phi) is 4.28. The number of carboxylic acids is 1. The lowest BCUT2D eigenvalue weighted by Crippen LogP contribution is -2.39. The Morgan fingerprint density at radius 3 is 2.37 bits per heavy atom. The second kappa shape index (κ2) is 5.53. The standard InChI is InChI=1S/C14H16N2O3/c1-14(2,3)11(13(18)19)12(17)16-10-7-5-4-6-9(10)8-15/h4-7,11H,1-3H3,(H,16,17)(H,18,19). The topological polar surface area (TPSA) is 90.2 Å². The van der Waals surface area contributed by atoms with Gasteiger partial charge in [-0.15, -0.1) is 0 Å². The summed E-state index contributed by atoms with van der Waals surface area (Å²) >= 11 is 0. The van der Waals surface area contributed by atoms with Gasteiger partial charge < -0.3 is 10.4 Å². The monoisotopic (exact) mass is 260 g/mol. The molecule has 1 amide bonds. The zero-order valence-electron chi connectivity index (χ0n) is 11.1. The molecule has 5 nitrogen and oxygen atoms in total. The van der Waals surface area contributed by atoms with E-state index in [1.54, 1.807) is 45.0 Å². The molecule has 19 heavy (non-hydrogen) atoms. The molecule has 2 N–H and O–H groups in total. The Hall–Kier alpha value is -2.35. The molecule has 0 radical (unpaired) electrons. The van der Waals surface area contributed by atoms with Gasteiger partial charge in [0.25, 0.3) is 0 Å². The number of nitrogens with one attached hydrogen (secondary N) is 1. The van der Waals surface area contributed by atoms with Crippen LogP contribution in [0.2, 0.25) is 0 Å². The lowest BCUT2D eigenvalue weighted by molar-refractivity contribution is -0.149. The summed E-state index contributed by atoms with van der Waals surface area (Å²) in [5, 5.41) is 20.6. The number of hydrogen-bond acceptors (Lipinski definition) is 3. The van der Waals surface area contributed by atoms with Gasteiger partial charge in [0.15, 0.2) is 0 Å². The van der Waals surface area contributed by atoms with Crippen LogP contribution in [0, 0.1) is 22.7 Å². The first kappa shape index (κ1) is 14.7. The van der Waals surface area contributed by atoms with Crippen LogP contribution in [0.4, 0.5) is 5.69 Å². The third-order valence-corrected chi connectivity index (χ3v) is 2.68. The van der Waals surface area contributed by atoms with Crippen molar-refractivity contribution in [2.24, 2.45) is 11.3 Å². The van der Waals surface area contributed by atoms with Gasteiger partial charge in [-0.25, -0.2) is 0 Å². The summed E-state index contributed by atoms with van der Waals surface area (Å²) < 4.78 is 0. The van der Waals surface area contributed by atoms with E-state index in [0.29, 0.717) is 11.3 Å². The molecule has 0 fully saturated rings. The van der Waals surface area contributed by atoms with Crippen molar-refractivity contribution in [3.8, 4) is 6.07 Å². The Morgan fingerprint density at radius 2 is 1.89 bits per heavy atom. The smallest absolute Gasteiger partial charge is 0.316 e. The molecule has 1 unspecified atom stereocenters.